The molecule has 1 aliphatic rings. The summed E-state index contributed by atoms with van der Waals surface area (Å²) in [6.45, 7) is 1.55. The smallest absolute Gasteiger partial charge is 0.340 e. The molecule has 1 aromatic carbocycles. The Morgan fingerprint density at radius 2 is 1.88 bits per heavy atom. The third kappa shape index (κ3) is 3.45. The van der Waals surface area contributed by atoms with Gasteiger partial charge in [-0.15, -0.1) is 0 Å². The molecule has 0 spiro atoms. The summed E-state index contributed by atoms with van der Waals surface area (Å²) in [5.74, 6) is -0.894. The van der Waals surface area contributed by atoms with E-state index in [1.165, 1.54) is 23.4 Å². The fraction of sp³-hybridized carbons (Fsp3) is 0.278. The van der Waals surface area contributed by atoms with Crippen molar-refractivity contribution < 1.29 is 14.3 Å². The molecule has 24 heavy (non-hydrogen) atoms. The van der Waals surface area contributed by atoms with Crippen molar-refractivity contribution in [1.29, 1.82) is 0 Å². The third-order valence-corrected chi connectivity index (χ3v) is 4.75. The Balaban J connectivity index is 1.71. The lowest BCUT2D eigenvalue weighted by Gasteiger charge is -2.13. The number of nitrogens with zero attached hydrogens (tertiary/aromatic N) is 1. The molecule has 124 valence electrons. The molecule has 1 aromatic heterocycles. The number of pyridine rings is 1. The number of hydrogen-bond donors (Lipinski definition) is 0. The van der Waals surface area contributed by atoms with Gasteiger partial charge in [0, 0.05) is 11.8 Å². The molecule has 0 aliphatic heterocycles. The Labute approximate surface area is 149 Å². The first kappa shape index (κ1) is 16.9. The predicted molar refractivity (Wildman–Crippen MR) is 91.9 cm³/mol. The van der Waals surface area contributed by atoms with Crippen molar-refractivity contribution in [3.8, 4) is 0 Å². The first-order valence-electron chi connectivity index (χ1n) is 7.64. The Kier molecular flexibility index (Phi) is 4.88. The highest BCUT2D eigenvalue weighted by Gasteiger charge is 2.22. The largest absolute Gasteiger partial charge is 0.451 e. The van der Waals surface area contributed by atoms with Gasteiger partial charge in [0.2, 0.25) is 5.78 Å². The van der Waals surface area contributed by atoms with Crippen LogP contribution in [0.4, 0.5) is 0 Å². The molecule has 0 radical (unpaired) electrons. The van der Waals surface area contributed by atoms with Crippen LogP contribution in [0.15, 0.2) is 30.5 Å². The molecule has 1 atom stereocenters. The average molecular weight is 364 g/mol. The number of carbonyl (C=O) groups is 2. The van der Waals surface area contributed by atoms with Crippen molar-refractivity contribution in [3.63, 3.8) is 0 Å². The topological polar surface area (TPSA) is 56.3 Å². The van der Waals surface area contributed by atoms with Crippen LogP contribution in [-0.2, 0) is 17.6 Å². The number of halogens is 2. The zero-order valence-corrected chi connectivity index (χ0v) is 14.5. The van der Waals surface area contributed by atoms with E-state index in [1.807, 2.05) is 12.1 Å². The number of fused-ring (bicyclic) bond motifs is 1. The van der Waals surface area contributed by atoms with Gasteiger partial charge in [-0.3, -0.25) is 4.79 Å². The quantitative estimate of drug-likeness (QED) is 0.461. The maximum atomic E-state index is 12.5. The molecule has 0 saturated heterocycles. The minimum atomic E-state index is -0.897. The zero-order valence-electron chi connectivity index (χ0n) is 13.0. The van der Waals surface area contributed by atoms with Gasteiger partial charge in [0.05, 0.1) is 10.6 Å². The monoisotopic (exact) mass is 363 g/mol. The normalized spacial score (nSPS) is 14.1. The lowest BCUT2D eigenvalue weighted by atomic mass is 10.0. The molecule has 2 aromatic rings. The van der Waals surface area contributed by atoms with E-state index in [2.05, 4.69) is 4.98 Å². The highest BCUT2D eigenvalue weighted by atomic mass is 35.5. The van der Waals surface area contributed by atoms with Crippen molar-refractivity contribution in [3.05, 3.63) is 62.9 Å². The number of ketones is 1. The van der Waals surface area contributed by atoms with Crippen molar-refractivity contribution in [2.45, 2.75) is 32.3 Å². The summed E-state index contributed by atoms with van der Waals surface area (Å²) in [6, 6.07) is 7.03. The lowest BCUT2D eigenvalue weighted by molar-refractivity contribution is 0.0318. The molecular formula is C18H15Cl2NO3. The van der Waals surface area contributed by atoms with Crippen molar-refractivity contribution in [2.24, 2.45) is 0 Å². The van der Waals surface area contributed by atoms with Gasteiger partial charge in [-0.2, -0.15) is 0 Å². The minimum absolute atomic E-state index is 0.107. The van der Waals surface area contributed by atoms with Gasteiger partial charge in [-0.05, 0) is 49.4 Å². The summed E-state index contributed by atoms with van der Waals surface area (Å²) >= 11 is 11.6. The fourth-order valence-corrected chi connectivity index (χ4v) is 3.04. The molecule has 1 aliphatic carbocycles. The number of benzene rings is 1. The van der Waals surface area contributed by atoms with Crippen LogP contribution >= 0.6 is 23.2 Å². The van der Waals surface area contributed by atoms with Gasteiger partial charge in [0.1, 0.15) is 5.15 Å². The number of hydrogen-bond acceptors (Lipinski definition) is 4. The lowest BCUT2D eigenvalue weighted by Crippen LogP contribution is -2.24. The first-order valence-corrected chi connectivity index (χ1v) is 8.39. The number of rotatable bonds is 4. The number of aryl methyl sites for hydroxylation is 2. The van der Waals surface area contributed by atoms with Crippen LogP contribution in [0.25, 0.3) is 0 Å². The standard InChI is InChI=1S/C18H15Cl2NO3/c1-10(24-18(23)14-8-15(19)17(20)21-9-14)16(22)13-6-5-11-3-2-4-12(11)7-13/h5-10H,2-4H2,1H3/t10-/m0/s1. The number of Topliss-reactive ketones (excluding diaryl/α,β-unsaturated/α-hetero) is 1. The summed E-state index contributed by atoms with van der Waals surface area (Å²) in [5.41, 5.74) is 3.20. The summed E-state index contributed by atoms with van der Waals surface area (Å²) in [7, 11) is 0. The van der Waals surface area contributed by atoms with Crippen molar-refractivity contribution in [2.75, 3.05) is 0 Å². The molecule has 1 heterocycles. The predicted octanol–water partition coefficient (Wildman–Crippen LogP) is 4.31. The molecule has 0 saturated carbocycles. The fourth-order valence-electron chi connectivity index (χ4n) is 2.77. The van der Waals surface area contributed by atoms with Crippen molar-refractivity contribution in [1.82, 2.24) is 4.98 Å². The maximum absolute atomic E-state index is 12.5. The average Bonchev–Trinajstić information content (AvgIpc) is 3.04. The first-order chi connectivity index (χ1) is 11.5. The van der Waals surface area contributed by atoms with E-state index < -0.39 is 12.1 Å². The molecule has 0 bridgehead atoms. The van der Waals surface area contributed by atoms with E-state index in [0.717, 1.165) is 19.3 Å². The third-order valence-electron chi connectivity index (χ3n) is 4.07. The summed E-state index contributed by atoms with van der Waals surface area (Å²) in [5, 5.41) is 0.263. The van der Waals surface area contributed by atoms with E-state index in [4.69, 9.17) is 27.9 Å². The van der Waals surface area contributed by atoms with Crippen LogP contribution in [0.5, 0.6) is 0 Å². The van der Waals surface area contributed by atoms with Gasteiger partial charge in [0.25, 0.3) is 0 Å². The van der Waals surface area contributed by atoms with E-state index in [9.17, 15) is 9.59 Å². The zero-order chi connectivity index (χ0) is 17.3. The van der Waals surface area contributed by atoms with E-state index in [1.54, 1.807) is 13.0 Å². The van der Waals surface area contributed by atoms with Crippen LogP contribution in [0.3, 0.4) is 0 Å². The summed E-state index contributed by atoms with van der Waals surface area (Å²) < 4.78 is 5.24. The van der Waals surface area contributed by atoms with Crippen LogP contribution < -0.4 is 0 Å². The van der Waals surface area contributed by atoms with Gasteiger partial charge in [-0.1, -0.05) is 35.3 Å². The van der Waals surface area contributed by atoms with Crippen LogP contribution in [-0.4, -0.2) is 22.8 Å². The Morgan fingerprint density at radius 3 is 2.62 bits per heavy atom. The maximum Gasteiger partial charge on any atom is 0.340 e. The van der Waals surface area contributed by atoms with Gasteiger partial charge >= 0.3 is 5.97 Å². The molecule has 0 N–H and O–H groups in total. The van der Waals surface area contributed by atoms with Crippen LogP contribution in [0.2, 0.25) is 10.2 Å². The molecule has 4 nitrogen and oxygen atoms in total. The highest BCUT2D eigenvalue weighted by Crippen LogP contribution is 2.24. The highest BCUT2D eigenvalue weighted by molar-refractivity contribution is 6.41. The van der Waals surface area contributed by atoms with Gasteiger partial charge < -0.3 is 4.74 Å². The second-order valence-corrected chi connectivity index (χ2v) is 6.51. The molecule has 0 amide bonds. The number of esters is 1. The Hall–Kier alpha value is -1.91. The minimum Gasteiger partial charge on any atom is -0.451 e. The van der Waals surface area contributed by atoms with Crippen LogP contribution in [0.1, 0.15) is 45.2 Å². The Bertz CT molecular complexity index is 820. The van der Waals surface area contributed by atoms with Gasteiger partial charge in [-0.25, -0.2) is 9.78 Å². The molecule has 0 unspecified atom stereocenters. The Morgan fingerprint density at radius 1 is 1.12 bits per heavy atom. The van der Waals surface area contributed by atoms with Crippen LogP contribution in [0, 0.1) is 0 Å². The molecule has 0 fully saturated rings. The van der Waals surface area contributed by atoms with E-state index in [0.29, 0.717) is 5.56 Å². The molecule has 3 rings (SSSR count). The van der Waals surface area contributed by atoms with E-state index in [-0.39, 0.29) is 21.5 Å². The summed E-state index contributed by atoms with van der Waals surface area (Å²) in [6.07, 6.45) is 3.52. The SMILES string of the molecule is C[C@H](OC(=O)c1cnc(Cl)c(Cl)c1)C(=O)c1ccc2c(c1)CCC2. The summed E-state index contributed by atoms with van der Waals surface area (Å²) in [4.78, 5) is 28.4. The van der Waals surface area contributed by atoms with Gasteiger partial charge in [0.15, 0.2) is 6.10 Å². The molecule has 6 heteroatoms. The number of ether oxygens (including phenoxy) is 1. The molecular weight excluding hydrogens is 349 g/mol. The number of carbonyl (C=O) groups excluding carboxylic acids is 2. The number of aromatic nitrogens is 1. The second kappa shape index (κ2) is 6.91. The van der Waals surface area contributed by atoms with E-state index >= 15 is 0 Å². The second-order valence-electron chi connectivity index (χ2n) is 5.75. The van der Waals surface area contributed by atoms with Crippen molar-refractivity contribution >= 4 is 35.0 Å².